The second-order valence-corrected chi connectivity index (χ2v) is 7.24. The molecule has 0 aliphatic carbocycles. The summed E-state index contributed by atoms with van der Waals surface area (Å²) in [5, 5.41) is 6.29. The fourth-order valence-corrected chi connectivity index (χ4v) is 4.53. The minimum absolute atomic E-state index is 0.742. The predicted octanol–water partition coefficient (Wildman–Crippen LogP) is 3.13. The molecule has 4 heteroatoms. The largest absolute Gasteiger partial charge is 0.364 e. The van der Waals surface area contributed by atoms with Gasteiger partial charge in [0.1, 0.15) is 0 Å². The average Bonchev–Trinajstić information content (AvgIpc) is 2.76. The lowest BCUT2D eigenvalue weighted by Gasteiger charge is -2.21. The van der Waals surface area contributed by atoms with Gasteiger partial charge in [-0.1, -0.05) is 31.5 Å². The van der Waals surface area contributed by atoms with Crippen molar-refractivity contribution in [3.8, 4) is 0 Å². The van der Waals surface area contributed by atoms with Crippen LogP contribution in [-0.4, -0.2) is 34.5 Å². The molecule has 1 fully saturated rings. The molecule has 0 aromatic carbocycles. The molecule has 0 bridgehead atoms. The molecular weight excluding hydrogens is 236 g/mol. The van der Waals surface area contributed by atoms with Crippen molar-refractivity contribution in [3.63, 3.8) is 0 Å². The van der Waals surface area contributed by atoms with Gasteiger partial charge in [0.25, 0.3) is 0 Å². The SMILES string of the molecule is CCCC1CN=C(NCC2CCCCS2)S1. The molecule has 2 atom stereocenters. The number of rotatable bonds is 4. The number of hydrogen-bond acceptors (Lipinski definition) is 4. The van der Waals surface area contributed by atoms with Gasteiger partial charge in [-0.25, -0.2) is 0 Å². The number of nitrogens with one attached hydrogen (secondary N) is 1. The molecule has 2 aliphatic rings. The number of amidine groups is 1. The summed E-state index contributed by atoms with van der Waals surface area (Å²) in [6.45, 7) is 4.40. The smallest absolute Gasteiger partial charge is 0.156 e. The lowest BCUT2D eigenvalue weighted by atomic mass is 10.2. The Bertz CT molecular complexity index is 237. The van der Waals surface area contributed by atoms with Gasteiger partial charge in [0, 0.05) is 17.0 Å². The van der Waals surface area contributed by atoms with Gasteiger partial charge in [-0.05, 0) is 25.0 Å². The van der Waals surface area contributed by atoms with Crippen LogP contribution in [0.15, 0.2) is 4.99 Å². The average molecular weight is 258 g/mol. The van der Waals surface area contributed by atoms with Crippen LogP contribution in [0.25, 0.3) is 0 Å². The molecule has 0 spiro atoms. The molecule has 2 rings (SSSR count). The molecule has 92 valence electrons. The molecule has 0 amide bonds. The molecule has 0 radical (unpaired) electrons. The van der Waals surface area contributed by atoms with Gasteiger partial charge in [0.05, 0.1) is 6.54 Å². The van der Waals surface area contributed by atoms with Crippen molar-refractivity contribution in [2.75, 3.05) is 18.8 Å². The minimum Gasteiger partial charge on any atom is -0.364 e. The third kappa shape index (κ3) is 3.88. The Hall–Kier alpha value is 0.170. The summed E-state index contributed by atoms with van der Waals surface area (Å²) in [4.78, 5) is 4.58. The van der Waals surface area contributed by atoms with Crippen LogP contribution < -0.4 is 5.32 Å². The first-order valence-corrected chi connectivity index (χ1v) is 8.38. The van der Waals surface area contributed by atoms with Crippen LogP contribution in [-0.2, 0) is 0 Å². The molecule has 2 unspecified atom stereocenters. The van der Waals surface area contributed by atoms with E-state index in [9.17, 15) is 0 Å². The van der Waals surface area contributed by atoms with E-state index in [1.807, 2.05) is 11.8 Å². The Morgan fingerprint density at radius 3 is 3.06 bits per heavy atom. The summed E-state index contributed by atoms with van der Waals surface area (Å²) in [6, 6.07) is 0. The molecule has 1 saturated heterocycles. The zero-order valence-electron chi connectivity index (χ0n) is 10.1. The Morgan fingerprint density at radius 2 is 2.31 bits per heavy atom. The van der Waals surface area contributed by atoms with E-state index >= 15 is 0 Å². The minimum atomic E-state index is 0.742. The fraction of sp³-hybridized carbons (Fsp3) is 0.917. The van der Waals surface area contributed by atoms with Crippen molar-refractivity contribution in [2.45, 2.75) is 49.5 Å². The quantitative estimate of drug-likeness (QED) is 0.838. The lowest BCUT2D eigenvalue weighted by Crippen LogP contribution is -2.29. The van der Waals surface area contributed by atoms with E-state index in [1.54, 1.807) is 0 Å². The summed E-state index contributed by atoms with van der Waals surface area (Å²) >= 11 is 4.08. The van der Waals surface area contributed by atoms with Crippen molar-refractivity contribution in [1.82, 2.24) is 5.32 Å². The van der Waals surface area contributed by atoms with Gasteiger partial charge in [-0.2, -0.15) is 11.8 Å². The monoisotopic (exact) mass is 258 g/mol. The van der Waals surface area contributed by atoms with Crippen LogP contribution in [0.5, 0.6) is 0 Å². The van der Waals surface area contributed by atoms with Crippen LogP contribution >= 0.6 is 23.5 Å². The Labute approximate surface area is 107 Å². The Kier molecular flexibility index (Phi) is 5.36. The molecule has 16 heavy (non-hydrogen) atoms. The van der Waals surface area contributed by atoms with E-state index < -0.39 is 0 Å². The van der Waals surface area contributed by atoms with Crippen LogP contribution in [0.2, 0.25) is 0 Å². The third-order valence-corrected chi connectivity index (χ3v) is 5.70. The van der Waals surface area contributed by atoms with Crippen molar-refractivity contribution in [1.29, 1.82) is 0 Å². The van der Waals surface area contributed by atoms with Crippen molar-refractivity contribution in [2.24, 2.45) is 4.99 Å². The number of nitrogens with zero attached hydrogens (tertiary/aromatic N) is 1. The first kappa shape index (κ1) is 12.6. The van der Waals surface area contributed by atoms with Crippen molar-refractivity contribution in [3.05, 3.63) is 0 Å². The van der Waals surface area contributed by atoms with Gasteiger partial charge in [0.2, 0.25) is 0 Å². The second kappa shape index (κ2) is 6.80. The molecule has 0 saturated carbocycles. The summed E-state index contributed by atoms with van der Waals surface area (Å²) < 4.78 is 0. The zero-order chi connectivity index (χ0) is 11.2. The zero-order valence-corrected chi connectivity index (χ0v) is 11.7. The van der Waals surface area contributed by atoms with E-state index in [0.717, 1.165) is 23.6 Å². The fourth-order valence-electron chi connectivity index (χ4n) is 2.16. The molecule has 2 heterocycles. The van der Waals surface area contributed by atoms with Crippen LogP contribution in [0.1, 0.15) is 39.0 Å². The first-order chi connectivity index (χ1) is 7.88. The lowest BCUT2D eigenvalue weighted by molar-refractivity contribution is 0.650. The summed E-state index contributed by atoms with van der Waals surface area (Å²) in [7, 11) is 0. The molecule has 2 aliphatic heterocycles. The highest BCUT2D eigenvalue weighted by atomic mass is 32.2. The molecule has 0 aromatic heterocycles. The van der Waals surface area contributed by atoms with Crippen LogP contribution in [0, 0.1) is 0 Å². The van der Waals surface area contributed by atoms with E-state index in [4.69, 9.17) is 0 Å². The third-order valence-electron chi connectivity index (χ3n) is 3.08. The Balaban J connectivity index is 1.63. The number of hydrogen-bond donors (Lipinski definition) is 1. The van der Waals surface area contributed by atoms with Gasteiger partial charge >= 0.3 is 0 Å². The van der Waals surface area contributed by atoms with Crippen LogP contribution in [0.4, 0.5) is 0 Å². The number of aliphatic imine (C=N–C) groups is 1. The standard InChI is InChI=1S/C12H22N2S2/c1-2-5-11-9-14-12(16-11)13-8-10-6-3-4-7-15-10/h10-11H,2-9H2,1H3,(H,13,14). The highest BCUT2D eigenvalue weighted by Gasteiger charge is 2.20. The first-order valence-electron chi connectivity index (χ1n) is 6.45. The van der Waals surface area contributed by atoms with Gasteiger partial charge in [0.15, 0.2) is 5.17 Å². The van der Waals surface area contributed by atoms with Crippen LogP contribution in [0.3, 0.4) is 0 Å². The molecule has 0 aromatic rings. The highest BCUT2D eigenvalue weighted by Crippen LogP contribution is 2.26. The van der Waals surface area contributed by atoms with E-state index in [0.29, 0.717) is 0 Å². The summed E-state index contributed by atoms with van der Waals surface area (Å²) in [5.41, 5.74) is 0. The van der Waals surface area contributed by atoms with Gasteiger partial charge in [-0.15, -0.1) is 0 Å². The summed E-state index contributed by atoms with van der Waals surface area (Å²) in [5.74, 6) is 1.35. The van der Waals surface area contributed by atoms with E-state index in [-0.39, 0.29) is 0 Å². The molecule has 1 N–H and O–H groups in total. The second-order valence-electron chi connectivity index (χ2n) is 4.54. The maximum absolute atomic E-state index is 4.58. The van der Waals surface area contributed by atoms with Gasteiger partial charge in [-0.3, -0.25) is 4.99 Å². The maximum atomic E-state index is 4.58. The van der Waals surface area contributed by atoms with Gasteiger partial charge < -0.3 is 5.32 Å². The van der Waals surface area contributed by atoms with E-state index in [2.05, 4.69) is 29.0 Å². The van der Waals surface area contributed by atoms with Crippen molar-refractivity contribution < 1.29 is 0 Å². The highest BCUT2D eigenvalue weighted by molar-refractivity contribution is 8.14. The predicted molar refractivity (Wildman–Crippen MR) is 76.7 cm³/mol. The number of thioether (sulfide) groups is 2. The summed E-state index contributed by atoms with van der Waals surface area (Å²) in [6.07, 6.45) is 6.79. The molecule has 2 nitrogen and oxygen atoms in total. The molecular formula is C12H22N2S2. The maximum Gasteiger partial charge on any atom is 0.156 e. The van der Waals surface area contributed by atoms with E-state index in [1.165, 1.54) is 43.0 Å². The normalized spacial score (nSPS) is 30.2. The van der Waals surface area contributed by atoms with Crippen molar-refractivity contribution >= 4 is 28.7 Å². The topological polar surface area (TPSA) is 24.4 Å². The Morgan fingerprint density at radius 1 is 1.38 bits per heavy atom.